The molecule has 2 fully saturated rings. The van der Waals surface area contributed by atoms with E-state index in [-0.39, 0.29) is 18.2 Å². The fourth-order valence-electron chi connectivity index (χ4n) is 3.43. The van der Waals surface area contributed by atoms with Gasteiger partial charge >= 0.3 is 0 Å². The number of ether oxygens (including phenoxy) is 1. The number of hydrogen-bond donors (Lipinski definition) is 1. The van der Waals surface area contributed by atoms with E-state index in [4.69, 9.17) is 4.74 Å². The first-order valence-corrected chi connectivity index (χ1v) is 10.5. The summed E-state index contributed by atoms with van der Waals surface area (Å²) in [6.45, 7) is 3.55. The zero-order chi connectivity index (χ0) is 19.1. The molecule has 2 saturated heterocycles. The second-order valence-corrected chi connectivity index (χ2v) is 7.87. The van der Waals surface area contributed by atoms with Crippen molar-refractivity contribution >= 4 is 29.7 Å². The van der Waals surface area contributed by atoms with Crippen LogP contribution >= 0.6 is 11.8 Å². The van der Waals surface area contributed by atoms with Crippen molar-refractivity contribution < 1.29 is 14.3 Å². The summed E-state index contributed by atoms with van der Waals surface area (Å²) in [6, 6.07) is 7.42. The van der Waals surface area contributed by atoms with E-state index in [0.717, 1.165) is 42.5 Å². The Hall–Kier alpha value is -1.99. The first kappa shape index (κ1) is 19.8. The molecule has 7 heteroatoms. The van der Waals surface area contributed by atoms with Crippen LogP contribution < -0.4 is 10.1 Å². The van der Waals surface area contributed by atoms with Gasteiger partial charge < -0.3 is 15.0 Å². The minimum atomic E-state index is -0.400. The van der Waals surface area contributed by atoms with E-state index < -0.39 is 6.04 Å². The highest BCUT2D eigenvalue weighted by molar-refractivity contribution is 7.99. The van der Waals surface area contributed by atoms with E-state index in [2.05, 4.69) is 10.2 Å². The molecule has 2 heterocycles. The van der Waals surface area contributed by atoms with Crippen LogP contribution in [0.5, 0.6) is 5.75 Å². The number of carbonyl (C=O) groups is 2. The van der Waals surface area contributed by atoms with Crippen molar-refractivity contribution in [3.05, 3.63) is 35.9 Å². The molecule has 2 amide bonds. The predicted octanol–water partition coefficient (Wildman–Crippen LogP) is 1.47. The van der Waals surface area contributed by atoms with Crippen LogP contribution in [0.3, 0.4) is 0 Å². The van der Waals surface area contributed by atoms with E-state index in [1.807, 2.05) is 53.1 Å². The molecule has 1 aromatic carbocycles. The third kappa shape index (κ3) is 5.26. The van der Waals surface area contributed by atoms with Crippen LogP contribution in [0, 0.1) is 0 Å². The monoisotopic (exact) mass is 389 g/mol. The Morgan fingerprint density at radius 2 is 2.07 bits per heavy atom. The minimum Gasteiger partial charge on any atom is -0.496 e. The lowest BCUT2D eigenvalue weighted by Gasteiger charge is -2.35. The van der Waals surface area contributed by atoms with Gasteiger partial charge in [0.15, 0.2) is 0 Å². The summed E-state index contributed by atoms with van der Waals surface area (Å²) in [6.07, 6.45) is 4.29. The van der Waals surface area contributed by atoms with Crippen molar-refractivity contribution in [1.82, 2.24) is 15.1 Å². The van der Waals surface area contributed by atoms with Gasteiger partial charge in [0.2, 0.25) is 11.8 Å². The van der Waals surface area contributed by atoms with Gasteiger partial charge in [0.25, 0.3) is 0 Å². The summed E-state index contributed by atoms with van der Waals surface area (Å²) in [5.74, 6) is 2.81. The van der Waals surface area contributed by atoms with Crippen molar-refractivity contribution in [1.29, 1.82) is 0 Å². The van der Waals surface area contributed by atoms with Gasteiger partial charge in [-0.25, -0.2) is 0 Å². The first-order valence-electron chi connectivity index (χ1n) is 9.36. The van der Waals surface area contributed by atoms with Crippen LogP contribution in [0.2, 0.25) is 0 Å². The molecule has 1 N–H and O–H groups in total. The van der Waals surface area contributed by atoms with E-state index >= 15 is 0 Å². The van der Waals surface area contributed by atoms with Gasteiger partial charge in [-0.15, -0.1) is 0 Å². The van der Waals surface area contributed by atoms with Crippen LogP contribution in [-0.2, 0) is 9.59 Å². The maximum Gasteiger partial charge on any atom is 0.237 e. The van der Waals surface area contributed by atoms with Crippen molar-refractivity contribution in [3.63, 3.8) is 0 Å². The fourth-order valence-corrected chi connectivity index (χ4v) is 4.33. The Morgan fingerprint density at radius 3 is 2.85 bits per heavy atom. The van der Waals surface area contributed by atoms with Gasteiger partial charge in [-0.05, 0) is 6.07 Å². The van der Waals surface area contributed by atoms with Gasteiger partial charge in [-0.3, -0.25) is 14.5 Å². The highest BCUT2D eigenvalue weighted by atomic mass is 32.2. The van der Waals surface area contributed by atoms with Crippen molar-refractivity contribution in [2.24, 2.45) is 0 Å². The number of para-hydroxylation sites is 1. The summed E-state index contributed by atoms with van der Waals surface area (Å²) < 4.78 is 5.36. The zero-order valence-corrected chi connectivity index (χ0v) is 16.5. The second kappa shape index (κ2) is 9.80. The average Bonchev–Trinajstić information content (AvgIpc) is 2.71. The van der Waals surface area contributed by atoms with E-state index in [1.165, 1.54) is 0 Å². The molecule has 0 bridgehead atoms. The molecule has 0 aromatic heterocycles. The highest BCUT2D eigenvalue weighted by Gasteiger charge is 2.32. The SMILES string of the molecule is COc1ccccc1/C=C/CN1CCNC(=O)[C@@H]1CC(=O)N1CCSCC1. The Bertz CT molecular complexity index is 689. The standard InChI is InChI=1S/C20H27N3O3S/c1-26-18-7-3-2-5-16(18)6-4-9-22-10-8-21-20(25)17(22)15-19(24)23-11-13-27-14-12-23/h2-7,17H,8-15H2,1H3,(H,21,25)/b6-4+/t17-/m0/s1. The number of piperazine rings is 1. The van der Waals surface area contributed by atoms with E-state index in [9.17, 15) is 9.59 Å². The Kier molecular flexibility index (Phi) is 7.18. The van der Waals surface area contributed by atoms with E-state index in [0.29, 0.717) is 13.1 Å². The largest absolute Gasteiger partial charge is 0.496 e. The van der Waals surface area contributed by atoms with Crippen molar-refractivity contribution in [2.45, 2.75) is 12.5 Å². The maximum absolute atomic E-state index is 12.6. The molecule has 3 rings (SSSR count). The molecule has 2 aliphatic rings. The lowest BCUT2D eigenvalue weighted by molar-refractivity contribution is -0.138. The predicted molar refractivity (Wildman–Crippen MR) is 109 cm³/mol. The normalized spacial score (nSPS) is 21.3. The second-order valence-electron chi connectivity index (χ2n) is 6.64. The number of rotatable bonds is 6. The molecule has 27 heavy (non-hydrogen) atoms. The number of carbonyl (C=O) groups excluding carboxylic acids is 2. The molecule has 6 nitrogen and oxygen atoms in total. The van der Waals surface area contributed by atoms with Gasteiger partial charge in [-0.2, -0.15) is 11.8 Å². The molecule has 0 radical (unpaired) electrons. The highest BCUT2D eigenvalue weighted by Crippen LogP contribution is 2.19. The van der Waals surface area contributed by atoms with Crippen LogP contribution in [0.15, 0.2) is 30.3 Å². The van der Waals surface area contributed by atoms with Gasteiger partial charge in [-0.1, -0.05) is 30.4 Å². The average molecular weight is 390 g/mol. The summed E-state index contributed by atoms with van der Waals surface area (Å²) >= 11 is 1.87. The molecule has 146 valence electrons. The van der Waals surface area contributed by atoms with E-state index in [1.54, 1.807) is 7.11 Å². The molecular weight excluding hydrogens is 362 g/mol. The lowest BCUT2D eigenvalue weighted by atomic mass is 10.1. The summed E-state index contributed by atoms with van der Waals surface area (Å²) in [5.41, 5.74) is 1.000. The lowest BCUT2D eigenvalue weighted by Crippen LogP contribution is -2.56. The van der Waals surface area contributed by atoms with Gasteiger partial charge in [0.1, 0.15) is 5.75 Å². The number of benzene rings is 1. The minimum absolute atomic E-state index is 0.0494. The number of methoxy groups -OCH3 is 1. The summed E-state index contributed by atoms with van der Waals surface area (Å²) in [5, 5.41) is 2.90. The summed E-state index contributed by atoms with van der Waals surface area (Å²) in [7, 11) is 1.66. The number of amides is 2. The molecule has 2 aliphatic heterocycles. The number of nitrogens with zero attached hydrogens (tertiary/aromatic N) is 2. The Labute approximate surface area is 164 Å². The van der Waals surface area contributed by atoms with Crippen LogP contribution in [0.1, 0.15) is 12.0 Å². The fraction of sp³-hybridized carbons (Fsp3) is 0.500. The van der Waals surface area contributed by atoms with Crippen molar-refractivity contribution in [3.8, 4) is 5.75 Å². The maximum atomic E-state index is 12.6. The summed E-state index contributed by atoms with van der Waals surface area (Å²) in [4.78, 5) is 29.0. The zero-order valence-electron chi connectivity index (χ0n) is 15.7. The topological polar surface area (TPSA) is 61.9 Å². The Morgan fingerprint density at radius 1 is 1.30 bits per heavy atom. The molecule has 0 aliphatic carbocycles. The Balaban J connectivity index is 1.62. The van der Waals surface area contributed by atoms with Crippen LogP contribution in [-0.4, -0.2) is 79.0 Å². The quantitative estimate of drug-likeness (QED) is 0.799. The molecule has 1 atom stereocenters. The molecule has 0 unspecified atom stereocenters. The number of hydrogen-bond acceptors (Lipinski definition) is 5. The van der Waals surface area contributed by atoms with Crippen LogP contribution in [0.4, 0.5) is 0 Å². The van der Waals surface area contributed by atoms with Crippen molar-refractivity contribution in [2.75, 3.05) is 51.3 Å². The third-order valence-corrected chi connectivity index (χ3v) is 5.89. The molecule has 0 saturated carbocycles. The van der Waals surface area contributed by atoms with Gasteiger partial charge in [0, 0.05) is 49.8 Å². The number of thioether (sulfide) groups is 1. The smallest absolute Gasteiger partial charge is 0.237 e. The molecule has 0 spiro atoms. The number of nitrogens with one attached hydrogen (secondary N) is 1. The third-order valence-electron chi connectivity index (χ3n) is 4.95. The molecule has 1 aromatic rings. The van der Waals surface area contributed by atoms with Gasteiger partial charge in [0.05, 0.1) is 19.6 Å². The first-order chi connectivity index (χ1) is 13.2. The van der Waals surface area contributed by atoms with Crippen LogP contribution in [0.25, 0.3) is 6.08 Å². The molecular formula is C20H27N3O3S.